The van der Waals surface area contributed by atoms with E-state index < -0.39 is 0 Å². The average Bonchev–Trinajstić information content (AvgIpc) is 2.83. The van der Waals surface area contributed by atoms with Gasteiger partial charge in [-0.3, -0.25) is 4.79 Å². The summed E-state index contributed by atoms with van der Waals surface area (Å²) in [6, 6.07) is 8.33. The average molecular weight is 423 g/mol. The lowest BCUT2D eigenvalue weighted by atomic mass is 9.95. The highest BCUT2D eigenvalue weighted by atomic mass is 16.1. The van der Waals surface area contributed by atoms with Crippen molar-refractivity contribution < 1.29 is 4.79 Å². The summed E-state index contributed by atoms with van der Waals surface area (Å²) >= 11 is 0. The SMILES string of the molecule is CN(C)c1ccc(CNC(=O)C2CCN(c3cncnc3N3CCCCC3)CC2)cc1. The molecule has 31 heavy (non-hydrogen) atoms. The number of hydrogen-bond acceptors (Lipinski definition) is 6. The Bertz CT molecular complexity index is 855. The Kier molecular flexibility index (Phi) is 6.89. The molecule has 2 aromatic rings. The second kappa shape index (κ2) is 9.98. The van der Waals surface area contributed by atoms with Crippen LogP contribution < -0.4 is 20.0 Å². The number of benzene rings is 1. The van der Waals surface area contributed by atoms with E-state index in [-0.39, 0.29) is 11.8 Å². The van der Waals surface area contributed by atoms with Crippen LogP contribution in [0.15, 0.2) is 36.8 Å². The summed E-state index contributed by atoms with van der Waals surface area (Å²) in [7, 11) is 4.06. The van der Waals surface area contributed by atoms with Gasteiger partial charge in [-0.05, 0) is 49.8 Å². The molecule has 7 nitrogen and oxygen atoms in total. The minimum atomic E-state index is 0.0698. The van der Waals surface area contributed by atoms with Crippen LogP contribution in [0.4, 0.5) is 17.2 Å². The van der Waals surface area contributed by atoms with Gasteiger partial charge in [0.1, 0.15) is 6.33 Å². The first-order valence-corrected chi connectivity index (χ1v) is 11.5. The molecule has 2 saturated heterocycles. The minimum Gasteiger partial charge on any atom is -0.378 e. The summed E-state index contributed by atoms with van der Waals surface area (Å²) in [5.41, 5.74) is 3.41. The number of piperidine rings is 2. The molecule has 0 aliphatic carbocycles. The standard InChI is InChI=1S/C24H34N6O/c1-28(2)21-8-6-19(7-9-21)16-26-24(31)20-10-14-29(15-11-20)22-17-25-18-27-23(22)30-12-4-3-5-13-30/h6-9,17-18,20H,3-5,10-16H2,1-2H3,(H,26,31). The fourth-order valence-electron chi connectivity index (χ4n) is 4.52. The fourth-order valence-corrected chi connectivity index (χ4v) is 4.52. The molecule has 0 spiro atoms. The third-order valence-corrected chi connectivity index (χ3v) is 6.45. The number of rotatable bonds is 6. The Balaban J connectivity index is 1.30. The summed E-state index contributed by atoms with van der Waals surface area (Å²) in [4.78, 5) is 28.4. The van der Waals surface area contributed by atoms with Gasteiger partial charge >= 0.3 is 0 Å². The molecule has 166 valence electrons. The molecule has 0 radical (unpaired) electrons. The molecule has 0 unspecified atom stereocenters. The molecule has 2 aliphatic heterocycles. The normalized spacial score (nSPS) is 17.5. The molecule has 7 heteroatoms. The number of carbonyl (C=O) groups excluding carboxylic acids is 1. The summed E-state index contributed by atoms with van der Waals surface area (Å²) in [6.45, 7) is 4.45. The van der Waals surface area contributed by atoms with Crippen molar-refractivity contribution in [2.24, 2.45) is 5.92 Å². The van der Waals surface area contributed by atoms with Gasteiger partial charge in [0.15, 0.2) is 5.82 Å². The van der Waals surface area contributed by atoms with E-state index >= 15 is 0 Å². The highest BCUT2D eigenvalue weighted by Crippen LogP contribution is 2.31. The zero-order valence-electron chi connectivity index (χ0n) is 18.8. The zero-order valence-corrected chi connectivity index (χ0v) is 18.8. The highest BCUT2D eigenvalue weighted by Gasteiger charge is 2.27. The van der Waals surface area contributed by atoms with Gasteiger partial charge < -0.3 is 20.0 Å². The number of aromatic nitrogens is 2. The lowest BCUT2D eigenvalue weighted by Crippen LogP contribution is -2.41. The Morgan fingerprint density at radius 1 is 1.03 bits per heavy atom. The van der Waals surface area contributed by atoms with E-state index in [2.05, 4.69) is 54.2 Å². The van der Waals surface area contributed by atoms with Crippen LogP contribution in [0, 0.1) is 5.92 Å². The van der Waals surface area contributed by atoms with Gasteiger partial charge in [0, 0.05) is 58.4 Å². The van der Waals surface area contributed by atoms with Crippen LogP contribution in [0.25, 0.3) is 0 Å². The van der Waals surface area contributed by atoms with Crippen LogP contribution in [0.3, 0.4) is 0 Å². The van der Waals surface area contributed by atoms with Crippen LogP contribution >= 0.6 is 0 Å². The van der Waals surface area contributed by atoms with Crippen LogP contribution in [0.1, 0.15) is 37.7 Å². The molecular weight excluding hydrogens is 388 g/mol. The van der Waals surface area contributed by atoms with Gasteiger partial charge in [0.2, 0.25) is 5.91 Å². The number of amides is 1. The molecule has 4 rings (SSSR count). The minimum absolute atomic E-state index is 0.0698. The number of nitrogens with one attached hydrogen (secondary N) is 1. The highest BCUT2D eigenvalue weighted by molar-refractivity contribution is 5.79. The van der Waals surface area contributed by atoms with Gasteiger partial charge in [-0.1, -0.05) is 12.1 Å². The van der Waals surface area contributed by atoms with E-state index in [1.807, 2.05) is 20.3 Å². The smallest absolute Gasteiger partial charge is 0.223 e. The maximum absolute atomic E-state index is 12.7. The van der Waals surface area contributed by atoms with Crippen molar-refractivity contribution in [1.29, 1.82) is 0 Å². The van der Waals surface area contributed by atoms with Crippen molar-refractivity contribution in [2.45, 2.75) is 38.6 Å². The van der Waals surface area contributed by atoms with Crippen LogP contribution in [-0.2, 0) is 11.3 Å². The molecule has 0 atom stereocenters. The Morgan fingerprint density at radius 2 is 1.74 bits per heavy atom. The Morgan fingerprint density at radius 3 is 2.42 bits per heavy atom. The summed E-state index contributed by atoms with van der Waals surface area (Å²) in [5.74, 6) is 1.29. The van der Waals surface area contributed by atoms with Crippen molar-refractivity contribution in [1.82, 2.24) is 15.3 Å². The van der Waals surface area contributed by atoms with Crippen molar-refractivity contribution in [3.8, 4) is 0 Å². The van der Waals surface area contributed by atoms with Crippen LogP contribution in [-0.4, -0.2) is 56.1 Å². The Labute approximate surface area is 185 Å². The van der Waals surface area contributed by atoms with E-state index in [0.717, 1.165) is 61.8 Å². The second-order valence-corrected chi connectivity index (χ2v) is 8.82. The van der Waals surface area contributed by atoms with Crippen LogP contribution in [0.5, 0.6) is 0 Å². The van der Waals surface area contributed by atoms with Gasteiger partial charge in [0.25, 0.3) is 0 Å². The van der Waals surface area contributed by atoms with Crippen LogP contribution in [0.2, 0.25) is 0 Å². The predicted octanol–water partition coefficient (Wildman–Crippen LogP) is 3.07. The van der Waals surface area contributed by atoms with E-state index in [9.17, 15) is 4.79 Å². The monoisotopic (exact) mass is 422 g/mol. The van der Waals surface area contributed by atoms with Crippen molar-refractivity contribution in [2.75, 3.05) is 55.0 Å². The predicted molar refractivity (Wildman–Crippen MR) is 126 cm³/mol. The number of anilines is 3. The number of carbonyl (C=O) groups is 1. The quantitative estimate of drug-likeness (QED) is 0.772. The second-order valence-electron chi connectivity index (χ2n) is 8.82. The van der Waals surface area contributed by atoms with Crippen molar-refractivity contribution in [3.05, 3.63) is 42.4 Å². The van der Waals surface area contributed by atoms with Crippen molar-refractivity contribution in [3.63, 3.8) is 0 Å². The summed E-state index contributed by atoms with van der Waals surface area (Å²) in [6.07, 6.45) is 9.07. The maximum Gasteiger partial charge on any atom is 0.223 e. The zero-order chi connectivity index (χ0) is 21.6. The fraction of sp³-hybridized carbons (Fsp3) is 0.542. The van der Waals surface area contributed by atoms with E-state index in [4.69, 9.17) is 0 Å². The lowest BCUT2D eigenvalue weighted by Gasteiger charge is -2.36. The first-order valence-electron chi connectivity index (χ1n) is 11.5. The van der Waals surface area contributed by atoms with Crippen molar-refractivity contribution >= 4 is 23.1 Å². The van der Waals surface area contributed by atoms with E-state index in [1.54, 1.807) is 6.33 Å². The third-order valence-electron chi connectivity index (χ3n) is 6.45. The third kappa shape index (κ3) is 5.27. The summed E-state index contributed by atoms with van der Waals surface area (Å²) < 4.78 is 0. The first-order chi connectivity index (χ1) is 15.1. The maximum atomic E-state index is 12.7. The van der Waals surface area contributed by atoms with Gasteiger partial charge in [-0.15, -0.1) is 0 Å². The summed E-state index contributed by atoms with van der Waals surface area (Å²) in [5, 5.41) is 3.13. The van der Waals surface area contributed by atoms with E-state index in [1.165, 1.54) is 19.3 Å². The molecular formula is C24H34N6O. The molecule has 1 amide bonds. The number of hydrogen-bond donors (Lipinski definition) is 1. The lowest BCUT2D eigenvalue weighted by molar-refractivity contribution is -0.125. The molecule has 1 N–H and O–H groups in total. The van der Waals surface area contributed by atoms with E-state index in [0.29, 0.717) is 6.54 Å². The number of nitrogens with zero attached hydrogens (tertiary/aromatic N) is 5. The molecule has 0 bridgehead atoms. The van der Waals surface area contributed by atoms with Gasteiger partial charge in [-0.25, -0.2) is 9.97 Å². The molecule has 2 aliphatic rings. The first kappa shape index (κ1) is 21.4. The van der Waals surface area contributed by atoms with Gasteiger partial charge in [-0.2, -0.15) is 0 Å². The largest absolute Gasteiger partial charge is 0.378 e. The molecule has 1 aromatic heterocycles. The van der Waals surface area contributed by atoms with Gasteiger partial charge in [0.05, 0.1) is 11.9 Å². The topological polar surface area (TPSA) is 64.6 Å². The Hall–Kier alpha value is -2.83. The molecule has 2 fully saturated rings. The molecule has 1 aromatic carbocycles. The molecule has 3 heterocycles. The molecule has 0 saturated carbocycles.